The number of rotatable bonds is 4. The molecule has 0 saturated heterocycles. The van der Waals surface area contributed by atoms with Crippen molar-refractivity contribution >= 4 is 39.1 Å². The largest absolute Gasteiger partial charge is 0.456 e. The Hall–Kier alpha value is -6.52. The van der Waals surface area contributed by atoms with Crippen LogP contribution in [0.5, 0.6) is 0 Å². The Morgan fingerprint density at radius 1 is 0.560 bits per heavy atom. The molecule has 0 saturated carbocycles. The van der Waals surface area contributed by atoms with Crippen LogP contribution in [0.4, 0.5) is 0 Å². The Balaban J connectivity index is 1.13. The van der Waals surface area contributed by atoms with Gasteiger partial charge in [-0.1, -0.05) is 121 Å². The van der Waals surface area contributed by atoms with Crippen LogP contribution in [0.1, 0.15) is 29.2 Å². The van der Waals surface area contributed by atoms with Crippen molar-refractivity contribution in [1.29, 1.82) is 0 Å². The molecule has 0 N–H and O–H groups in total. The zero-order valence-corrected chi connectivity index (χ0v) is 26.9. The summed E-state index contributed by atoms with van der Waals surface area (Å²) < 4.78 is 13.2. The molecule has 2 aliphatic carbocycles. The monoisotopic (exact) mass is 640 g/mol. The van der Waals surface area contributed by atoms with E-state index in [4.69, 9.17) is 18.8 Å². The lowest BCUT2D eigenvalue weighted by Crippen LogP contribution is -2.10. The Labute approximate surface area is 288 Å². The van der Waals surface area contributed by atoms with Crippen LogP contribution in [0.3, 0.4) is 0 Å². The van der Waals surface area contributed by atoms with Crippen LogP contribution in [0, 0.1) is 0 Å². The average molecular weight is 641 g/mol. The molecule has 4 heteroatoms. The van der Waals surface area contributed by atoms with E-state index in [2.05, 4.69) is 103 Å². The molecule has 4 nitrogen and oxygen atoms in total. The van der Waals surface area contributed by atoms with Gasteiger partial charge in [0, 0.05) is 38.9 Å². The lowest BCUT2D eigenvalue weighted by Gasteiger charge is -2.28. The van der Waals surface area contributed by atoms with Crippen molar-refractivity contribution in [1.82, 2.24) is 9.97 Å². The van der Waals surface area contributed by atoms with Gasteiger partial charge >= 0.3 is 0 Å². The smallest absolute Gasteiger partial charge is 0.180 e. The molecule has 2 aliphatic rings. The van der Waals surface area contributed by atoms with Gasteiger partial charge in [-0.2, -0.15) is 0 Å². The van der Waals surface area contributed by atoms with Gasteiger partial charge in [0.25, 0.3) is 0 Å². The molecule has 6 aromatic carbocycles. The van der Waals surface area contributed by atoms with E-state index in [-0.39, 0.29) is 0 Å². The second-order valence-corrected chi connectivity index (χ2v) is 13.2. The predicted octanol–water partition coefficient (Wildman–Crippen LogP) is 12.3. The normalized spacial score (nSPS) is 14.4. The molecular formula is C46H28N2O2. The highest BCUT2D eigenvalue weighted by molar-refractivity contribution is 6.11. The number of allylic oxidation sites excluding steroid dienone is 1. The molecule has 0 spiro atoms. The summed E-state index contributed by atoms with van der Waals surface area (Å²) in [6, 6.07) is 48.8. The van der Waals surface area contributed by atoms with Crippen LogP contribution in [-0.2, 0) is 0 Å². The number of fused-ring (bicyclic) bond motifs is 6. The molecule has 0 amide bonds. The molecule has 0 aliphatic heterocycles. The molecule has 11 rings (SSSR count). The summed E-state index contributed by atoms with van der Waals surface area (Å²) >= 11 is 0. The van der Waals surface area contributed by atoms with Crippen molar-refractivity contribution in [3.63, 3.8) is 0 Å². The van der Waals surface area contributed by atoms with E-state index in [1.54, 1.807) is 0 Å². The molecule has 3 heterocycles. The number of hydrogen-bond acceptors (Lipinski definition) is 4. The number of furan rings is 2. The maximum atomic E-state index is 6.70. The van der Waals surface area contributed by atoms with Crippen LogP contribution in [0.2, 0.25) is 0 Å². The first-order chi connectivity index (χ1) is 24.8. The highest BCUT2D eigenvalue weighted by Gasteiger charge is 2.34. The van der Waals surface area contributed by atoms with Crippen LogP contribution in [0.15, 0.2) is 154 Å². The zero-order chi connectivity index (χ0) is 32.8. The maximum Gasteiger partial charge on any atom is 0.180 e. The van der Waals surface area contributed by atoms with E-state index in [1.165, 1.54) is 38.8 Å². The first-order valence-corrected chi connectivity index (χ1v) is 17.1. The summed E-state index contributed by atoms with van der Waals surface area (Å²) in [4.78, 5) is 10.1. The van der Waals surface area contributed by atoms with Gasteiger partial charge in [0.1, 0.15) is 28.1 Å². The zero-order valence-electron chi connectivity index (χ0n) is 26.9. The number of benzene rings is 6. The number of aromatic nitrogens is 2. The lowest BCUT2D eigenvalue weighted by atomic mass is 9.73. The van der Waals surface area contributed by atoms with E-state index in [0.717, 1.165) is 62.2 Å². The molecule has 1 unspecified atom stereocenters. The van der Waals surface area contributed by atoms with Gasteiger partial charge in [0.05, 0.1) is 0 Å². The molecule has 0 bridgehead atoms. The fourth-order valence-corrected chi connectivity index (χ4v) is 8.23. The average Bonchev–Trinajstić information content (AvgIpc) is 3.76. The molecule has 0 radical (unpaired) electrons. The lowest BCUT2D eigenvalue weighted by molar-refractivity contribution is 0.590. The molecule has 0 fully saturated rings. The fraction of sp³-hybridized carbons (Fsp3) is 0.0435. The van der Waals surface area contributed by atoms with E-state index in [9.17, 15) is 0 Å². The minimum Gasteiger partial charge on any atom is -0.456 e. The fourth-order valence-electron chi connectivity index (χ4n) is 8.23. The van der Waals surface area contributed by atoms with Crippen molar-refractivity contribution in [2.45, 2.75) is 12.3 Å². The Bertz CT molecular complexity index is 2840. The van der Waals surface area contributed by atoms with Crippen molar-refractivity contribution in [2.24, 2.45) is 0 Å². The summed E-state index contributed by atoms with van der Waals surface area (Å²) in [7, 11) is 0. The van der Waals surface area contributed by atoms with Crippen LogP contribution in [-0.4, -0.2) is 9.97 Å². The Kier molecular flexibility index (Phi) is 5.75. The van der Waals surface area contributed by atoms with Gasteiger partial charge in [-0.25, -0.2) is 9.97 Å². The van der Waals surface area contributed by atoms with Gasteiger partial charge in [0.2, 0.25) is 0 Å². The van der Waals surface area contributed by atoms with Gasteiger partial charge in [0.15, 0.2) is 11.4 Å². The topological polar surface area (TPSA) is 52.1 Å². The molecule has 1 atom stereocenters. The quantitative estimate of drug-likeness (QED) is 0.192. The second kappa shape index (κ2) is 10.5. The van der Waals surface area contributed by atoms with Gasteiger partial charge in [-0.3, -0.25) is 0 Å². The van der Waals surface area contributed by atoms with E-state index >= 15 is 0 Å². The second-order valence-electron chi connectivity index (χ2n) is 13.2. The van der Waals surface area contributed by atoms with Gasteiger partial charge in [-0.05, 0) is 70.1 Å². The van der Waals surface area contributed by atoms with Gasteiger partial charge < -0.3 is 8.83 Å². The SMILES string of the molecule is C1=Cc2oc3ccc(-c4ccccc4-c4ccc5c(c4)oc4c(-c6ccccc6)nc(-c6ccccc6)nc45)c4c3c2C(C1)c1ccccc1-4. The van der Waals surface area contributed by atoms with Crippen LogP contribution >= 0.6 is 0 Å². The molecule has 3 aromatic heterocycles. The minimum atomic E-state index is 0.312. The van der Waals surface area contributed by atoms with Crippen molar-refractivity contribution < 1.29 is 8.83 Å². The van der Waals surface area contributed by atoms with Crippen LogP contribution in [0.25, 0.3) is 95.1 Å². The predicted molar refractivity (Wildman–Crippen MR) is 202 cm³/mol. The first-order valence-electron chi connectivity index (χ1n) is 17.1. The maximum absolute atomic E-state index is 6.70. The van der Waals surface area contributed by atoms with Crippen LogP contribution < -0.4 is 0 Å². The molecule has 50 heavy (non-hydrogen) atoms. The van der Waals surface area contributed by atoms with Gasteiger partial charge in [-0.15, -0.1) is 0 Å². The van der Waals surface area contributed by atoms with Crippen molar-refractivity contribution in [3.8, 4) is 56.0 Å². The van der Waals surface area contributed by atoms with Crippen molar-refractivity contribution in [3.05, 3.63) is 162 Å². The number of hydrogen-bond donors (Lipinski definition) is 0. The molecule has 234 valence electrons. The standard InChI is InChI=1S/C46H28N2O2/c1-3-12-27(13-4-1)43-45-44(48-46(47-43)28-14-5-2-6-15-28)36-23-22-29(26-39(36)50-45)30-16-7-8-17-31(30)35-24-25-38-42-40(35)33-19-10-9-18-32(33)34-20-11-21-37(49-38)41(34)42/h1-19,21-26,34H,20H2. The first kappa shape index (κ1) is 27.4. The number of nitrogens with zero attached hydrogens (tertiary/aromatic N) is 2. The van der Waals surface area contributed by atoms with Crippen molar-refractivity contribution in [2.75, 3.05) is 0 Å². The third-order valence-corrected chi connectivity index (χ3v) is 10.4. The third kappa shape index (κ3) is 3.93. The summed E-state index contributed by atoms with van der Waals surface area (Å²) in [5.74, 6) is 1.98. The highest BCUT2D eigenvalue weighted by atomic mass is 16.3. The van der Waals surface area contributed by atoms with E-state index < -0.39 is 0 Å². The Morgan fingerprint density at radius 3 is 2.14 bits per heavy atom. The van der Waals surface area contributed by atoms with E-state index in [1.807, 2.05) is 48.5 Å². The molecular weight excluding hydrogens is 613 g/mol. The summed E-state index contributed by atoms with van der Waals surface area (Å²) in [5.41, 5.74) is 15.8. The molecule has 9 aromatic rings. The summed E-state index contributed by atoms with van der Waals surface area (Å²) in [5, 5.41) is 2.21. The third-order valence-electron chi connectivity index (χ3n) is 10.4. The van der Waals surface area contributed by atoms with E-state index in [0.29, 0.717) is 17.3 Å². The Morgan fingerprint density at radius 2 is 1.30 bits per heavy atom. The minimum absolute atomic E-state index is 0.312. The highest BCUT2D eigenvalue weighted by Crippen LogP contribution is 2.54. The summed E-state index contributed by atoms with van der Waals surface area (Å²) in [6.45, 7) is 0. The summed E-state index contributed by atoms with van der Waals surface area (Å²) in [6.07, 6.45) is 5.38.